The van der Waals surface area contributed by atoms with E-state index < -0.39 is 0 Å². The summed E-state index contributed by atoms with van der Waals surface area (Å²) in [6.07, 6.45) is 1.11. The van der Waals surface area contributed by atoms with Crippen molar-refractivity contribution in [1.82, 2.24) is 9.88 Å². The van der Waals surface area contributed by atoms with Crippen molar-refractivity contribution in [1.29, 1.82) is 0 Å². The Bertz CT molecular complexity index is 800. The van der Waals surface area contributed by atoms with Gasteiger partial charge in [-0.05, 0) is 50.1 Å². The molecule has 2 aliphatic heterocycles. The number of rotatable bonds is 3. The molecule has 0 spiro atoms. The van der Waals surface area contributed by atoms with Gasteiger partial charge in [0.1, 0.15) is 0 Å². The molecule has 1 aromatic heterocycles. The fourth-order valence-corrected chi connectivity index (χ4v) is 3.95. The minimum atomic E-state index is 0.353. The zero-order valence-electron chi connectivity index (χ0n) is 14.9. The number of nitrogen functional groups attached to an aromatic ring is 1. The molecule has 1 aromatic carbocycles. The van der Waals surface area contributed by atoms with Gasteiger partial charge in [0.15, 0.2) is 0 Å². The Labute approximate surface area is 149 Å². The lowest BCUT2D eigenvalue weighted by molar-refractivity contribution is 0.152. The summed E-state index contributed by atoms with van der Waals surface area (Å²) >= 11 is 0. The highest BCUT2D eigenvalue weighted by molar-refractivity contribution is 5.74. The first kappa shape index (κ1) is 16.2. The molecule has 0 aliphatic carbocycles. The molecule has 0 amide bonds. The van der Waals surface area contributed by atoms with E-state index in [1.807, 2.05) is 31.2 Å². The van der Waals surface area contributed by atoms with Crippen molar-refractivity contribution in [3.63, 3.8) is 0 Å². The van der Waals surface area contributed by atoms with Crippen molar-refractivity contribution in [3.05, 3.63) is 47.7 Å². The van der Waals surface area contributed by atoms with Crippen LogP contribution in [0.5, 0.6) is 0 Å². The predicted octanol–water partition coefficient (Wildman–Crippen LogP) is 3.68. The molecule has 5 heteroatoms. The Hall–Kier alpha value is -2.27. The van der Waals surface area contributed by atoms with Gasteiger partial charge in [-0.25, -0.2) is 0 Å². The van der Waals surface area contributed by atoms with Gasteiger partial charge in [-0.2, -0.15) is 10.2 Å². The van der Waals surface area contributed by atoms with Crippen LogP contribution in [-0.2, 0) is 6.54 Å². The van der Waals surface area contributed by atoms with Gasteiger partial charge < -0.3 is 5.73 Å². The number of aryl methyl sites for hydroxylation is 1. The van der Waals surface area contributed by atoms with Crippen LogP contribution in [-0.4, -0.2) is 35.1 Å². The van der Waals surface area contributed by atoms with Gasteiger partial charge in [-0.15, -0.1) is 0 Å². The van der Waals surface area contributed by atoms with Crippen LogP contribution in [0.1, 0.15) is 24.6 Å². The normalized spacial score (nSPS) is 25.9. The molecule has 0 radical (unpaired) electrons. The summed E-state index contributed by atoms with van der Waals surface area (Å²) in [6.45, 7) is 7.28. The minimum Gasteiger partial charge on any atom is -0.398 e. The average molecular weight is 335 g/mol. The summed E-state index contributed by atoms with van der Waals surface area (Å²) in [4.78, 5) is 7.15. The van der Waals surface area contributed by atoms with E-state index in [0.29, 0.717) is 18.0 Å². The molecule has 2 aliphatic rings. The number of fused-ring (bicyclic) bond motifs is 1. The maximum absolute atomic E-state index is 6.21. The maximum atomic E-state index is 6.21. The molecule has 0 saturated carbocycles. The topological polar surface area (TPSA) is 66.9 Å². The molecule has 130 valence electrons. The molecular weight excluding hydrogens is 310 g/mol. The fourth-order valence-electron chi connectivity index (χ4n) is 3.95. The summed E-state index contributed by atoms with van der Waals surface area (Å²) in [7, 11) is 0. The van der Waals surface area contributed by atoms with E-state index in [1.165, 1.54) is 5.56 Å². The monoisotopic (exact) mass is 335 g/mol. The summed E-state index contributed by atoms with van der Waals surface area (Å²) in [5.41, 5.74) is 11.3. The number of aromatic nitrogens is 1. The van der Waals surface area contributed by atoms with Crippen LogP contribution in [0.2, 0.25) is 0 Å². The van der Waals surface area contributed by atoms with Crippen LogP contribution in [0, 0.1) is 12.8 Å². The highest BCUT2D eigenvalue weighted by Crippen LogP contribution is 2.32. The number of likely N-dealkylation sites (tertiary alicyclic amines) is 1. The largest absolute Gasteiger partial charge is 0.398 e. The van der Waals surface area contributed by atoms with E-state index >= 15 is 0 Å². The van der Waals surface area contributed by atoms with Crippen molar-refractivity contribution < 1.29 is 0 Å². The summed E-state index contributed by atoms with van der Waals surface area (Å²) in [5.74, 6) is 0.570. The Morgan fingerprint density at radius 2 is 2.08 bits per heavy atom. The number of piperidine rings is 1. The van der Waals surface area contributed by atoms with Gasteiger partial charge in [0, 0.05) is 42.5 Å². The van der Waals surface area contributed by atoms with Crippen molar-refractivity contribution in [3.8, 4) is 11.3 Å². The second kappa shape index (κ2) is 6.56. The molecule has 2 N–H and O–H groups in total. The van der Waals surface area contributed by atoms with Gasteiger partial charge in [0.25, 0.3) is 0 Å². The van der Waals surface area contributed by atoms with Crippen molar-refractivity contribution in [2.24, 2.45) is 16.1 Å². The molecule has 1 fully saturated rings. The summed E-state index contributed by atoms with van der Waals surface area (Å²) < 4.78 is 0. The third kappa shape index (κ3) is 3.29. The van der Waals surface area contributed by atoms with E-state index in [-0.39, 0.29) is 0 Å². The third-order valence-electron chi connectivity index (χ3n) is 5.41. The summed E-state index contributed by atoms with van der Waals surface area (Å²) in [5, 5.41) is 8.80. The van der Waals surface area contributed by atoms with E-state index in [2.05, 4.69) is 39.2 Å². The molecule has 1 saturated heterocycles. The molecule has 25 heavy (non-hydrogen) atoms. The molecule has 3 unspecified atom stereocenters. The number of anilines is 1. The predicted molar refractivity (Wildman–Crippen MR) is 100 cm³/mol. The van der Waals surface area contributed by atoms with Crippen LogP contribution >= 0.6 is 0 Å². The van der Waals surface area contributed by atoms with Crippen LogP contribution in [0.15, 0.2) is 46.6 Å². The van der Waals surface area contributed by atoms with Crippen LogP contribution in [0.4, 0.5) is 5.69 Å². The first-order valence-electron chi connectivity index (χ1n) is 9.05. The average Bonchev–Trinajstić information content (AvgIpc) is 2.97. The molecule has 0 bridgehead atoms. The zero-order valence-corrected chi connectivity index (χ0v) is 14.9. The second-order valence-electron chi connectivity index (χ2n) is 7.31. The van der Waals surface area contributed by atoms with Crippen molar-refractivity contribution in [2.45, 2.75) is 38.9 Å². The standard InChI is InChI=1S/C20H25N5/c1-13-4-3-5-19(22-13)16-10-15(6-7-18(16)21)11-25-9-8-20-17(12-25)14(2)23-24-20/h3-7,10,14,17,20H,8-9,11-12,21H2,1-2H3. The van der Waals surface area contributed by atoms with E-state index in [9.17, 15) is 0 Å². The fraction of sp³-hybridized carbons (Fsp3) is 0.450. The van der Waals surface area contributed by atoms with Crippen LogP contribution < -0.4 is 5.73 Å². The quantitative estimate of drug-likeness (QED) is 0.870. The number of benzene rings is 1. The van der Waals surface area contributed by atoms with Gasteiger partial charge in [0.2, 0.25) is 0 Å². The highest BCUT2D eigenvalue weighted by Gasteiger charge is 2.36. The summed E-state index contributed by atoms with van der Waals surface area (Å²) in [6, 6.07) is 13.2. The van der Waals surface area contributed by atoms with Crippen molar-refractivity contribution in [2.75, 3.05) is 18.8 Å². The number of azo groups is 1. The van der Waals surface area contributed by atoms with Gasteiger partial charge in [-0.3, -0.25) is 9.88 Å². The maximum Gasteiger partial charge on any atom is 0.0781 e. The van der Waals surface area contributed by atoms with E-state index in [1.54, 1.807) is 0 Å². The van der Waals surface area contributed by atoms with Gasteiger partial charge in [-0.1, -0.05) is 12.1 Å². The molecule has 4 rings (SSSR count). The lowest BCUT2D eigenvalue weighted by Crippen LogP contribution is -2.43. The lowest BCUT2D eigenvalue weighted by atomic mass is 9.88. The third-order valence-corrected chi connectivity index (χ3v) is 5.41. The Morgan fingerprint density at radius 1 is 1.20 bits per heavy atom. The lowest BCUT2D eigenvalue weighted by Gasteiger charge is -2.34. The molecule has 5 nitrogen and oxygen atoms in total. The number of pyridine rings is 1. The number of hydrogen-bond acceptors (Lipinski definition) is 5. The van der Waals surface area contributed by atoms with Gasteiger partial charge >= 0.3 is 0 Å². The zero-order chi connectivity index (χ0) is 17.4. The Balaban J connectivity index is 1.53. The Kier molecular flexibility index (Phi) is 4.25. The first-order valence-corrected chi connectivity index (χ1v) is 9.05. The number of hydrogen-bond donors (Lipinski definition) is 1. The number of nitrogens with two attached hydrogens (primary N) is 1. The van der Waals surface area contributed by atoms with Crippen LogP contribution in [0.25, 0.3) is 11.3 Å². The van der Waals surface area contributed by atoms with E-state index in [0.717, 1.165) is 48.7 Å². The second-order valence-corrected chi connectivity index (χ2v) is 7.31. The van der Waals surface area contributed by atoms with E-state index in [4.69, 9.17) is 5.73 Å². The van der Waals surface area contributed by atoms with Gasteiger partial charge in [0.05, 0.1) is 17.8 Å². The SMILES string of the molecule is Cc1cccc(-c2cc(CN3CCC4N=NC(C)C4C3)ccc2N)n1. The van der Waals surface area contributed by atoms with Crippen LogP contribution in [0.3, 0.4) is 0 Å². The molecular formula is C20H25N5. The smallest absolute Gasteiger partial charge is 0.0781 e. The number of nitrogens with zero attached hydrogens (tertiary/aromatic N) is 4. The molecule has 2 aromatic rings. The first-order chi connectivity index (χ1) is 12.1. The van der Waals surface area contributed by atoms with Crippen molar-refractivity contribution >= 4 is 5.69 Å². The highest BCUT2D eigenvalue weighted by atomic mass is 15.2. The molecule has 3 atom stereocenters. The molecule has 3 heterocycles. The minimum absolute atomic E-state index is 0.353. The Morgan fingerprint density at radius 3 is 2.92 bits per heavy atom.